The van der Waals surface area contributed by atoms with Crippen LogP contribution in [0.25, 0.3) is 0 Å². The molecular formula is C39H38O4P+. The third-order valence-electron chi connectivity index (χ3n) is 8.28. The molecule has 0 N–H and O–H groups in total. The van der Waals surface area contributed by atoms with E-state index in [9.17, 15) is 9.59 Å². The zero-order valence-corrected chi connectivity index (χ0v) is 26.8. The molecule has 0 saturated heterocycles. The van der Waals surface area contributed by atoms with Crippen LogP contribution in [0, 0.1) is 5.92 Å². The minimum Gasteiger partial charge on any atom is -0.465 e. The van der Waals surface area contributed by atoms with Crippen LogP contribution < -0.4 is 15.9 Å². The summed E-state index contributed by atoms with van der Waals surface area (Å²) in [5, 5.41) is 3.75. The van der Waals surface area contributed by atoms with Gasteiger partial charge in [-0.2, -0.15) is 0 Å². The Balaban J connectivity index is 1.90. The molecular weight excluding hydrogens is 563 g/mol. The van der Waals surface area contributed by atoms with E-state index in [4.69, 9.17) is 9.47 Å². The number of allylic oxidation sites excluding steroid dienone is 8. The van der Waals surface area contributed by atoms with E-state index in [1.54, 1.807) is 6.08 Å². The Hall–Kier alpha value is -4.53. The molecule has 0 radical (unpaired) electrons. The molecule has 0 aromatic heterocycles. The van der Waals surface area contributed by atoms with Gasteiger partial charge in [0, 0.05) is 5.57 Å². The fraction of sp³-hybridized carbons (Fsp3) is 0.179. The third-order valence-corrected chi connectivity index (χ3v) is 12.6. The Morgan fingerprint density at radius 1 is 0.682 bits per heavy atom. The Bertz CT molecular complexity index is 1640. The zero-order chi connectivity index (χ0) is 31.3. The lowest BCUT2D eigenvalue weighted by Gasteiger charge is -2.29. The van der Waals surface area contributed by atoms with Crippen LogP contribution in [0.4, 0.5) is 0 Å². The van der Waals surface area contributed by atoms with E-state index < -0.39 is 19.2 Å². The highest BCUT2D eigenvalue weighted by atomic mass is 31.2. The first-order valence-electron chi connectivity index (χ1n) is 14.8. The summed E-state index contributed by atoms with van der Waals surface area (Å²) in [6.07, 6.45) is 10.7. The normalized spacial score (nSPS) is 15.1. The van der Waals surface area contributed by atoms with E-state index in [2.05, 4.69) is 117 Å². The zero-order valence-electron chi connectivity index (χ0n) is 25.9. The van der Waals surface area contributed by atoms with E-state index >= 15 is 0 Å². The van der Waals surface area contributed by atoms with Crippen molar-refractivity contribution in [1.82, 2.24) is 0 Å². The summed E-state index contributed by atoms with van der Waals surface area (Å²) in [5.74, 6) is -0.922. The summed E-state index contributed by atoms with van der Waals surface area (Å²) >= 11 is 0. The van der Waals surface area contributed by atoms with E-state index in [1.165, 1.54) is 30.1 Å². The van der Waals surface area contributed by atoms with Crippen LogP contribution >= 0.6 is 7.26 Å². The molecule has 0 spiro atoms. The molecule has 0 atom stereocenters. The maximum atomic E-state index is 13.5. The van der Waals surface area contributed by atoms with Gasteiger partial charge in [0.25, 0.3) is 0 Å². The Morgan fingerprint density at radius 2 is 1.18 bits per heavy atom. The lowest BCUT2D eigenvalue weighted by atomic mass is 9.88. The predicted octanol–water partition coefficient (Wildman–Crippen LogP) is 6.96. The molecule has 0 amide bonds. The molecule has 5 rings (SSSR count). The van der Waals surface area contributed by atoms with Crippen molar-refractivity contribution in [1.29, 1.82) is 0 Å². The van der Waals surface area contributed by atoms with Gasteiger partial charge in [0.05, 0.1) is 31.5 Å². The predicted molar refractivity (Wildman–Crippen MR) is 182 cm³/mol. The van der Waals surface area contributed by atoms with E-state index in [1.807, 2.05) is 19.1 Å². The van der Waals surface area contributed by atoms with Gasteiger partial charge >= 0.3 is 11.9 Å². The smallest absolute Gasteiger partial charge is 0.339 e. The number of carbonyl (C=O) groups is 2. The van der Waals surface area contributed by atoms with Crippen molar-refractivity contribution >= 4 is 35.1 Å². The molecule has 3 aromatic carbocycles. The summed E-state index contributed by atoms with van der Waals surface area (Å²) in [7, 11) is 0.363. The molecule has 0 unspecified atom stereocenters. The number of fused-ring (bicyclic) bond motifs is 1. The average Bonchev–Trinajstić information content (AvgIpc) is 3.33. The SMILES string of the molecule is COC(=O)C1=C(C(=O)OC)C2=C(C)C=CC(C(C)C)=CC2=C(C[P+](c2ccccc2)(c2ccccc2)c2ccccc2)C=C1. The first-order chi connectivity index (χ1) is 21.3. The summed E-state index contributed by atoms with van der Waals surface area (Å²) in [6.45, 7) is 6.31. The van der Waals surface area contributed by atoms with Gasteiger partial charge in [-0.3, -0.25) is 0 Å². The largest absolute Gasteiger partial charge is 0.465 e. The number of ether oxygens (including phenoxy) is 2. The summed E-state index contributed by atoms with van der Waals surface area (Å²) < 4.78 is 10.5. The second kappa shape index (κ2) is 13.4. The number of hydrogen-bond acceptors (Lipinski definition) is 4. The molecule has 44 heavy (non-hydrogen) atoms. The number of benzene rings is 3. The fourth-order valence-corrected chi connectivity index (χ4v) is 10.3. The first-order valence-corrected chi connectivity index (χ1v) is 16.8. The van der Waals surface area contributed by atoms with Crippen LogP contribution in [0.15, 0.2) is 160 Å². The van der Waals surface area contributed by atoms with Gasteiger partial charge in [-0.1, -0.05) is 92.7 Å². The molecule has 0 bridgehead atoms. The van der Waals surface area contributed by atoms with Gasteiger partial charge in [0.15, 0.2) is 0 Å². The van der Waals surface area contributed by atoms with E-state index in [0.717, 1.165) is 22.3 Å². The summed E-state index contributed by atoms with van der Waals surface area (Å²) in [5.41, 5.74) is 5.04. The van der Waals surface area contributed by atoms with Crippen LogP contribution in [0.2, 0.25) is 0 Å². The van der Waals surface area contributed by atoms with Crippen molar-refractivity contribution < 1.29 is 19.1 Å². The highest BCUT2D eigenvalue weighted by Gasteiger charge is 2.46. The lowest BCUT2D eigenvalue weighted by molar-refractivity contribution is -0.138. The van der Waals surface area contributed by atoms with Gasteiger partial charge in [-0.25, -0.2) is 9.59 Å². The maximum Gasteiger partial charge on any atom is 0.339 e. The number of esters is 2. The van der Waals surface area contributed by atoms with E-state index in [-0.39, 0.29) is 17.1 Å². The molecule has 4 nitrogen and oxygen atoms in total. The number of rotatable bonds is 8. The minimum atomic E-state index is -2.31. The Kier molecular flexibility index (Phi) is 9.42. The fourth-order valence-electron chi connectivity index (χ4n) is 6.00. The van der Waals surface area contributed by atoms with E-state index in [0.29, 0.717) is 11.7 Å². The molecule has 0 heterocycles. The second-order valence-electron chi connectivity index (χ2n) is 11.2. The molecule has 2 aliphatic rings. The number of methoxy groups -OCH3 is 2. The van der Waals surface area contributed by atoms with Crippen molar-refractivity contribution in [3.63, 3.8) is 0 Å². The van der Waals surface area contributed by atoms with Crippen molar-refractivity contribution in [3.05, 3.63) is 160 Å². The molecule has 5 heteroatoms. The van der Waals surface area contributed by atoms with Crippen LogP contribution in [0.3, 0.4) is 0 Å². The van der Waals surface area contributed by atoms with Gasteiger partial charge in [0.2, 0.25) is 0 Å². The van der Waals surface area contributed by atoms with Gasteiger partial charge in [-0.15, -0.1) is 0 Å². The molecule has 0 saturated carbocycles. The second-order valence-corrected chi connectivity index (χ2v) is 14.7. The Morgan fingerprint density at radius 3 is 1.64 bits per heavy atom. The van der Waals surface area contributed by atoms with Gasteiger partial charge in [-0.05, 0) is 77.6 Å². The van der Waals surface area contributed by atoms with Gasteiger partial charge in [0.1, 0.15) is 23.2 Å². The van der Waals surface area contributed by atoms with Crippen LogP contribution in [0.1, 0.15) is 20.8 Å². The van der Waals surface area contributed by atoms with Crippen molar-refractivity contribution in [3.8, 4) is 0 Å². The molecule has 0 aliphatic heterocycles. The standard InChI is InChI=1S/C39H38O4P/c1-27(2)29-22-21-28(3)36-35(25-29)30(23-24-34(38(40)42-4)37(36)39(41)43-5)26-44(31-15-9-6-10-16-31,32-17-11-7-12-18-32)33-19-13-8-14-20-33/h6-25,27H,26H2,1-5H3/q+1. The molecule has 0 fully saturated rings. The topological polar surface area (TPSA) is 52.6 Å². The monoisotopic (exact) mass is 601 g/mol. The molecule has 3 aromatic rings. The van der Waals surface area contributed by atoms with Crippen molar-refractivity contribution in [2.45, 2.75) is 20.8 Å². The lowest BCUT2D eigenvalue weighted by Crippen LogP contribution is -2.34. The van der Waals surface area contributed by atoms with Crippen molar-refractivity contribution in [2.24, 2.45) is 5.92 Å². The minimum absolute atomic E-state index is 0.180. The number of carbonyl (C=O) groups excluding carboxylic acids is 2. The van der Waals surface area contributed by atoms with Crippen LogP contribution in [-0.2, 0) is 19.1 Å². The van der Waals surface area contributed by atoms with Crippen molar-refractivity contribution in [2.75, 3.05) is 20.4 Å². The molecule has 2 aliphatic carbocycles. The Labute approximate surface area is 261 Å². The highest BCUT2D eigenvalue weighted by Crippen LogP contribution is 2.58. The third kappa shape index (κ3) is 5.83. The maximum absolute atomic E-state index is 13.5. The van der Waals surface area contributed by atoms with Gasteiger partial charge < -0.3 is 9.47 Å². The summed E-state index contributed by atoms with van der Waals surface area (Å²) in [6, 6.07) is 32.1. The average molecular weight is 602 g/mol. The number of hydrogen-bond donors (Lipinski definition) is 0. The highest BCUT2D eigenvalue weighted by molar-refractivity contribution is 7.95. The first kappa shape index (κ1) is 30.9. The summed E-state index contributed by atoms with van der Waals surface area (Å²) in [4.78, 5) is 26.8. The molecule has 222 valence electrons. The quantitative estimate of drug-likeness (QED) is 0.207. The van der Waals surface area contributed by atoms with Crippen LogP contribution in [0.5, 0.6) is 0 Å². The van der Waals surface area contributed by atoms with Crippen LogP contribution in [-0.4, -0.2) is 32.3 Å².